The van der Waals surface area contributed by atoms with Crippen molar-refractivity contribution in [3.05, 3.63) is 30.2 Å². The van der Waals surface area contributed by atoms with E-state index in [-0.39, 0.29) is 22.7 Å². The molecule has 0 atom stereocenters. The van der Waals surface area contributed by atoms with E-state index in [4.69, 9.17) is 9.52 Å². The fourth-order valence-electron chi connectivity index (χ4n) is 1.35. The maximum atomic E-state index is 12.1. The number of aromatic nitrogens is 1. The Kier molecular flexibility index (Phi) is 3.22. The quantitative estimate of drug-likeness (QED) is 0.850. The lowest BCUT2D eigenvalue weighted by molar-refractivity contribution is -0.131. The van der Waals surface area contributed by atoms with Gasteiger partial charge in [-0.1, -0.05) is 6.07 Å². The van der Waals surface area contributed by atoms with Crippen LogP contribution in [0.25, 0.3) is 17.2 Å². The molecule has 0 bridgehead atoms. The van der Waals surface area contributed by atoms with Crippen molar-refractivity contribution in [1.29, 1.82) is 0 Å². The molecule has 0 fully saturated rings. The minimum absolute atomic E-state index is 0.00211. The van der Waals surface area contributed by atoms with Crippen molar-refractivity contribution in [3.8, 4) is 5.75 Å². The average molecular weight is 255 g/mol. The van der Waals surface area contributed by atoms with E-state index in [1.807, 2.05) is 0 Å². The lowest BCUT2D eigenvalue weighted by Gasteiger charge is -2.02. The van der Waals surface area contributed by atoms with Crippen LogP contribution in [0.2, 0.25) is 0 Å². The van der Waals surface area contributed by atoms with Crippen molar-refractivity contribution >= 4 is 23.1 Å². The third kappa shape index (κ3) is 2.62. The van der Waals surface area contributed by atoms with Crippen LogP contribution in [-0.2, 0) is 4.79 Å². The summed E-state index contributed by atoms with van der Waals surface area (Å²) < 4.78 is 33.7. The summed E-state index contributed by atoms with van der Waals surface area (Å²) in [6, 6.07) is 4.30. The Balaban J connectivity index is 2.41. The molecule has 18 heavy (non-hydrogen) atoms. The number of carbonyl (C=O) groups is 1. The second-order valence-electron chi connectivity index (χ2n) is 3.21. The van der Waals surface area contributed by atoms with E-state index in [0.717, 1.165) is 12.2 Å². The molecular formula is C11H7F2NO4. The van der Waals surface area contributed by atoms with Crippen LogP contribution in [0.3, 0.4) is 0 Å². The number of ether oxygens (including phenoxy) is 1. The molecule has 0 aliphatic carbocycles. The standard InChI is InChI=1S/C11H7F2NO4/c12-11(13)18-7-3-1-2-6-10(7)14-8(17-6)4-5-9(15)16/h1-5,11H,(H,15,16)/b5-4+. The number of hydrogen-bond acceptors (Lipinski definition) is 4. The fourth-order valence-corrected chi connectivity index (χ4v) is 1.35. The summed E-state index contributed by atoms with van der Waals surface area (Å²) in [6.45, 7) is -2.97. The van der Waals surface area contributed by atoms with Crippen molar-refractivity contribution in [1.82, 2.24) is 4.98 Å². The zero-order valence-corrected chi connectivity index (χ0v) is 8.84. The molecule has 94 valence electrons. The number of halogens is 2. The summed E-state index contributed by atoms with van der Waals surface area (Å²) in [5.74, 6) is -1.29. The molecule has 0 aliphatic heterocycles. The van der Waals surface area contributed by atoms with Gasteiger partial charge in [0.15, 0.2) is 16.8 Å². The Hall–Kier alpha value is -2.44. The molecule has 0 saturated heterocycles. The number of carboxylic acids is 1. The molecule has 0 unspecified atom stereocenters. The molecule has 7 heteroatoms. The van der Waals surface area contributed by atoms with Gasteiger partial charge in [-0.2, -0.15) is 8.78 Å². The number of para-hydroxylation sites is 1. The minimum atomic E-state index is -2.97. The van der Waals surface area contributed by atoms with Crippen LogP contribution in [0, 0.1) is 0 Å². The number of aliphatic carboxylic acids is 1. The van der Waals surface area contributed by atoms with Crippen molar-refractivity contribution in [2.75, 3.05) is 0 Å². The summed E-state index contributed by atoms with van der Waals surface area (Å²) in [7, 11) is 0. The van der Waals surface area contributed by atoms with Crippen LogP contribution >= 0.6 is 0 Å². The second-order valence-corrected chi connectivity index (χ2v) is 3.21. The number of rotatable bonds is 4. The molecule has 0 spiro atoms. The Labute approximate surface area is 99.3 Å². The molecule has 2 aromatic rings. The van der Waals surface area contributed by atoms with Gasteiger partial charge in [-0.3, -0.25) is 0 Å². The summed E-state index contributed by atoms with van der Waals surface area (Å²) in [5.41, 5.74) is 0.348. The average Bonchev–Trinajstić information content (AvgIpc) is 2.69. The lowest BCUT2D eigenvalue weighted by atomic mass is 10.3. The van der Waals surface area contributed by atoms with Gasteiger partial charge < -0.3 is 14.3 Å². The van der Waals surface area contributed by atoms with Gasteiger partial charge in [0.1, 0.15) is 0 Å². The van der Waals surface area contributed by atoms with Crippen LogP contribution in [0.1, 0.15) is 5.89 Å². The first-order valence-corrected chi connectivity index (χ1v) is 4.81. The monoisotopic (exact) mass is 255 g/mol. The number of hydrogen-bond donors (Lipinski definition) is 1. The van der Waals surface area contributed by atoms with E-state index >= 15 is 0 Å². The highest BCUT2D eigenvalue weighted by atomic mass is 19.3. The number of oxazole rings is 1. The van der Waals surface area contributed by atoms with Crippen molar-refractivity contribution in [2.45, 2.75) is 6.61 Å². The minimum Gasteiger partial charge on any atom is -0.478 e. The molecule has 5 nitrogen and oxygen atoms in total. The maximum absolute atomic E-state index is 12.1. The zero-order valence-electron chi connectivity index (χ0n) is 8.84. The Morgan fingerprint density at radius 1 is 1.50 bits per heavy atom. The van der Waals surface area contributed by atoms with Crippen LogP contribution in [-0.4, -0.2) is 22.7 Å². The van der Waals surface area contributed by atoms with Gasteiger partial charge in [0.2, 0.25) is 5.89 Å². The Morgan fingerprint density at radius 3 is 2.94 bits per heavy atom. The van der Waals surface area contributed by atoms with Gasteiger partial charge in [-0.05, 0) is 12.1 Å². The summed E-state index contributed by atoms with van der Waals surface area (Å²) in [4.78, 5) is 14.2. The van der Waals surface area contributed by atoms with Crippen LogP contribution in [0.4, 0.5) is 8.78 Å². The maximum Gasteiger partial charge on any atom is 0.387 e. The van der Waals surface area contributed by atoms with Crippen LogP contribution in [0.5, 0.6) is 5.75 Å². The molecule has 0 radical (unpaired) electrons. The van der Waals surface area contributed by atoms with E-state index < -0.39 is 12.6 Å². The van der Waals surface area contributed by atoms with E-state index in [1.165, 1.54) is 18.2 Å². The van der Waals surface area contributed by atoms with Crippen molar-refractivity contribution in [2.24, 2.45) is 0 Å². The predicted molar refractivity (Wildman–Crippen MR) is 57.3 cm³/mol. The summed E-state index contributed by atoms with van der Waals surface area (Å²) >= 11 is 0. The molecule has 0 aliphatic rings. The third-order valence-corrected chi connectivity index (χ3v) is 1.98. The first-order chi connectivity index (χ1) is 8.56. The largest absolute Gasteiger partial charge is 0.478 e. The predicted octanol–water partition coefficient (Wildman–Crippen LogP) is 2.53. The van der Waals surface area contributed by atoms with Crippen LogP contribution in [0.15, 0.2) is 28.7 Å². The first kappa shape index (κ1) is 12.0. The van der Waals surface area contributed by atoms with E-state index in [0.29, 0.717) is 0 Å². The van der Waals surface area contributed by atoms with Crippen molar-refractivity contribution in [3.63, 3.8) is 0 Å². The molecule has 1 N–H and O–H groups in total. The highest BCUT2D eigenvalue weighted by Crippen LogP contribution is 2.27. The SMILES string of the molecule is O=C(O)/C=C/c1nc2c(OC(F)F)cccc2o1. The molecule has 1 aromatic heterocycles. The van der Waals surface area contributed by atoms with Crippen molar-refractivity contribution < 1.29 is 27.8 Å². The van der Waals surface area contributed by atoms with E-state index in [1.54, 1.807) is 0 Å². The third-order valence-electron chi connectivity index (χ3n) is 1.98. The van der Waals surface area contributed by atoms with E-state index in [9.17, 15) is 13.6 Å². The number of carboxylic acid groups (broad SMARTS) is 1. The van der Waals surface area contributed by atoms with E-state index in [2.05, 4.69) is 9.72 Å². The summed E-state index contributed by atoms with van der Waals surface area (Å²) in [5, 5.41) is 8.44. The van der Waals surface area contributed by atoms with Crippen LogP contribution < -0.4 is 4.74 Å². The Bertz CT molecular complexity index is 606. The highest BCUT2D eigenvalue weighted by Gasteiger charge is 2.12. The lowest BCUT2D eigenvalue weighted by Crippen LogP contribution is -2.02. The van der Waals surface area contributed by atoms with Gasteiger partial charge in [0, 0.05) is 12.2 Å². The van der Waals surface area contributed by atoms with Gasteiger partial charge in [0.25, 0.3) is 0 Å². The smallest absolute Gasteiger partial charge is 0.387 e. The van der Waals surface area contributed by atoms with Gasteiger partial charge in [-0.15, -0.1) is 0 Å². The molecule has 1 heterocycles. The fraction of sp³-hybridized carbons (Fsp3) is 0.0909. The first-order valence-electron chi connectivity index (χ1n) is 4.81. The molecule has 0 saturated carbocycles. The van der Waals surface area contributed by atoms with Gasteiger partial charge in [-0.25, -0.2) is 9.78 Å². The normalized spacial score (nSPS) is 11.5. The summed E-state index contributed by atoms with van der Waals surface area (Å²) in [6.07, 6.45) is 1.95. The highest BCUT2D eigenvalue weighted by molar-refractivity contribution is 5.86. The second kappa shape index (κ2) is 4.82. The van der Waals surface area contributed by atoms with Gasteiger partial charge >= 0.3 is 12.6 Å². The molecular weight excluding hydrogens is 248 g/mol. The molecule has 0 amide bonds. The number of nitrogens with zero attached hydrogens (tertiary/aromatic N) is 1. The number of alkyl halides is 2. The number of benzene rings is 1. The zero-order chi connectivity index (χ0) is 13.1. The molecule has 1 aromatic carbocycles. The Morgan fingerprint density at radius 2 is 2.28 bits per heavy atom. The number of fused-ring (bicyclic) bond motifs is 1. The van der Waals surface area contributed by atoms with Gasteiger partial charge in [0.05, 0.1) is 0 Å². The molecule has 2 rings (SSSR count). The topological polar surface area (TPSA) is 72.6 Å².